The van der Waals surface area contributed by atoms with Crippen LogP contribution in [0.1, 0.15) is 36.0 Å². The minimum atomic E-state index is 0.00345. The van der Waals surface area contributed by atoms with Crippen LogP contribution < -0.4 is 5.32 Å². The number of carbonyl (C=O) groups is 2. The molecule has 3 heterocycles. The second kappa shape index (κ2) is 6.41. The Hall–Kier alpha value is -1.53. The monoisotopic (exact) mass is 345 g/mol. The molecule has 2 atom stereocenters. The Morgan fingerprint density at radius 2 is 2.00 bits per heavy atom. The molecule has 5 nitrogen and oxygen atoms in total. The predicted molar refractivity (Wildman–Crippen MR) is 95.5 cm³/mol. The van der Waals surface area contributed by atoms with Crippen LogP contribution in [0, 0.1) is 0 Å². The Labute approximate surface area is 146 Å². The summed E-state index contributed by atoms with van der Waals surface area (Å²) in [6, 6.07) is 6.52. The van der Waals surface area contributed by atoms with Gasteiger partial charge in [0.2, 0.25) is 5.91 Å². The van der Waals surface area contributed by atoms with Crippen molar-refractivity contribution < 1.29 is 9.59 Å². The second-order valence-corrected chi connectivity index (χ2v) is 7.96. The standard InChI is InChI=1S/C18H23N3O2S/c1-20-8-2-4-14(20)15-5-3-9-21(15)18(23)12-6-7-16-13(10-12)19-17(22)11-24-16/h6-7,10,14-15H,2-5,8-9,11H2,1H3,(H,19,22)/t14-,15+/m0/s1. The molecule has 0 aliphatic carbocycles. The molecule has 2 fully saturated rings. The van der Waals surface area contributed by atoms with Gasteiger partial charge < -0.3 is 15.1 Å². The van der Waals surface area contributed by atoms with E-state index in [9.17, 15) is 9.59 Å². The highest BCUT2D eigenvalue weighted by molar-refractivity contribution is 8.00. The van der Waals surface area contributed by atoms with Gasteiger partial charge in [0.15, 0.2) is 0 Å². The van der Waals surface area contributed by atoms with Gasteiger partial charge in [0.1, 0.15) is 0 Å². The molecule has 1 aromatic rings. The number of likely N-dealkylation sites (N-methyl/N-ethyl adjacent to an activating group) is 1. The summed E-state index contributed by atoms with van der Waals surface area (Å²) in [4.78, 5) is 30.2. The summed E-state index contributed by atoms with van der Waals surface area (Å²) < 4.78 is 0. The topological polar surface area (TPSA) is 52.6 Å². The van der Waals surface area contributed by atoms with Crippen LogP contribution in [0.15, 0.2) is 23.1 Å². The lowest BCUT2D eigenvalue weighted by Gasteiger charge is -2.33. The number of hydrogen-bond acceptors (Lipinski definition) is 4. The lowest BCUT2D eigenvalue weighted by atomic mass is 10.0. The third kappa shape index (κ3) is 2.82. The Morgan fingerprint density at radius 1 is 1.21 bits per heavy atom. The van der Waals surface area contributed by atoms with Crippen LogP contribution in [-0.4, -0.2) is 59.6 Å². The van der Waals surface area contributed by atoms with Crippen molar-refractivity contribution >= 4 is 29.3 Å². The molecule has 3 aliphatic heterocycles. The first-order chi connectivity index (χ1) is 11.6. The van der Waals surface area contributed by atoms with Crippen molar-refractivity contribution in [2.75, 3.05) is 31.2 Å². The molecule has 3 aliphatic rings. The molecule has 2 amide bonds. The number of nitrogens with one attached hydrogen (secondary N) is 1. The first-order valence-corrected chi connectivity index (χ1v) is 9.70. The maximum atomic E-state index is 13.1. The van der Waals surface area contributed by atoms with E-state index >= 15 is 0 Å². The van der Waals surface area contributed by atoms with E-state index in [1.54, 1.807) is 0 Å². The smallest absolute Gasteiger partial charge is 0.254 e. The fourth-order valence-electron chi connectivity index (χ4n) is 4.25. The lowest BCUT2D eigenvalue weighted by molar-refractivity contribution is -0.113. The van der Waals surface area contributed by atoms with Crippen LogP contribution in [0.2, 0.25) is 0 Å². The molecule has 1 aromatic carbocycles. The Morgan fingerprint density at radius 3 is 2.79 bits per heavy atom. The third-order valence-electron chi connectivity index (χ3n) is 5.44. The van der Waals surface area contributed by atoms with Crippen LogP contribution in [-0.2, 0) is 4.79 Å². The molecule has 2 saturated heterocycles. The molecule has 24 heavy (non-hydrogen) atoms. The highest BCUT2D eigenvalue weighted by Crippen LogP contribution is 2.34. The molecular weight excluding hydrogens is 322 g/mol. The third-order valence-corrected chi connectivity index (χ3v) is 6.51. The number of thioether (sulfide) groups is 1. The second-order valence-electron chi connectivity index (χ2n) is 6.95. The van der Waals surface area contributed by atoms with Gasteiger partial charge in [0, 0.05) is 29.1 Å². The fraction of sp³-hybridized carbons (Fsp3) is 0.556. The molecule has 0 spiro atoms. The van der Waals surface area contributed by atoms with Crippen LogP contribution in [0.5, 0.6) is 0 Å². The molecule has 0 bridgehead atoms. The van der Waals surface area contributed by atoms with Crippen molar-refractivity contribution in [3.63, 3.8) is 0 Å². The molecule has 0 radical (unpaired) electrons. The average Bonchev–Trinajstić information content (AvgIpc) is 3.21. The minimum Gasteiger partial charge on any atom is -0.334 e. The average molecular weight is 345 g/mol. The van der Waals surface area contributed by atoms with Gasteiger partial charge in [-0.15, -0.1) is 11.8 Å². The van der Waals surface area contributed by atoms with E-state index < -0.39 is 0 Å². The van der Waals surface area contributed by atoms with E-state index in [-0.39, 0.29) is 11.8 Å². The zero-order valence-corrected chi connectivity index (χ0v) is 14.8. The Balaban J connectivity index is 1.56. The number of benzene rings is 1. The summed E-state index contributed by atoms with van der Waals surface area (Å²) in [5.41, 5.74) is 1.46. The Bertz CT molecular complexity index is 678. The van der Waals surface area contributed by atoms with Gasteiger partial charge in [-0.05, 0) is 57.5 Å². The highest BCUT2D eigenvalue weighted by atomic mass is 32.2. The minimum absolute atomic E-state index is 0.00345. The maximum Gasteiger partial charge on any atom is 0.254 e. The summed E-state index contributed by atoms with van der Waals surface area (Å²) in [5.74, 6) is 0.553. The van der Waals surface area contributed by atoms with Crippen LogP contribution in [0.4, 0.5) is 5.69 Å². The van der Waals surface area contributed by atoms with Crippen LogP contribution in [0.3, 0.4) is 0 Å². The van der Waals surface area contributed by atoms with Crippen molar-refractivity contribution in [3.8, 4) is 0 Å². The first-order valence-electron chi connectivity index (χ1n) is 8.71. The first kappa shape index (κ1) is 16.0. The molecule has 6 heteroatoms. The number of nitrogens with zero attached hydrogens (tertiary/aromatic N) is 2. The number of fused-ring (bicyclic) bond motifs is 1. The number of rotatable bonds is 2. The number of anilines is 1. The van der Waals surface area contributed by atoms with Crippen LogP contribution >= 0.6 is 11.8 Å². The van der Waals surface area contributed by atoms with Gasteiger partial charge in [-0.25, -0.2) is 0 Å². The summed E-state index contributed by atoms with van der Waals surface area (Å²) in [5, 5.41) is 2.88. The predicted octanol–water partition coefficient (Wildman–Crippen LogP) is 2.43. The number of likely N-dealkylation sites (tertiary alicyclic amines) is 2. The van der Waals surface area contributed by atoms with E-state index in [4.69, 9.17) is 0 Å². The lowest BCUT2D eigenvalue weighted by Crippen LogP contribution is -2.47. The van der Waals surface area contributed by atoms with Crippen molar-refractivity contribution in [2.24, 2.45) is 0 Å². The molecule has 0 saturated carbocycles. The van der Waals surface area contributed by atoms with E-state index in [0.29, 0.717) is 23.4 Å². The van der Waals surface area contributed by atoms with Gasteiger partial charge in [0.05, 0.1) is 11.4 Å². The molecule has 0 aromatic heterocycles. The zero-order chi connectivity index (χ0) is 16.7. The van der Waals surface area contributed by atoms with Gasteiger partial charge in [-0.3, -0.25) is 9.59 Å². The summed E-state index contributed by atoms with van der Waals surface area (Å²) in [7, 11) is 2.17. The molecule has 4 rings (SSSR count). The highest BCUT2D eigenvalue weighted by Gasteiger charge is 2.38. The summed E-state index contributed by atoms with van der Waals surface area (Å²) in [6.45, 7) is 1.97. The molecular formula is C18H23N3O2S. The van der Waals surface area contributed by atoms with E-state index in [1.807, 2.05) is 18.2 Å². The van der Waals surface area contributed by atoms with Crippen molar-refractivity contribution in [3.05, 3.63) is 23.8 Å². The number of carbonyl (C=O) groups excluding carboxylic acids is 2. The molecule has 128 valence electrons. The molecule has 0 unspecified atom stereocenters. The van der Waals surface area contributed by atoms with Crippen molar-refractivity contribution in [2.45, 2.75) is 42.7 Å². The number of amides is 2. The fourth-order valence-corrected chi connectivity index (χ4v) is 5.04. The van der Waals surface area contributed by atoms with Gasteiger partial charge in [-0.2, -0.15) is 0 Å². The molecule has 1 N–H and O–H groups in total. The summed E-state index contributed by atoms with van der Waals surface area (Å²) >= 11 is 1.53. The Kier molecular flexibility index (Phi) is 4.26. The van der Waals surface area contributed by atoms with E-state index in [2.05, 4.69) is 22.2 Å². The SMILES string of the molecule is CN1CCC[C@H]1[C@H]1CCCN1C(=O)c1ccc2c(c1)NC(=O)CS2. The van der Waals surface area contributed by atoms with E-state index in [1.165, 1.54) is 24.6 Å². The van der Waals surface area contributed by atoms with Crippen molar-refractivity contribution in [1.29, 1.82) is 0 Å². The van der Waals surface area contributed by atoms with Gasteiger partial charge >= 0.3 is 0 Å². The van der Waals surface area contributed by atoms with Gasteiger partial charge in [0.25, 0.3) is 5.91 Å². The number of hydrogen-bond donors (Lipinski definition) is 1. The maximum absolute atomic E-state index is 13.1. The normalized spacial score (nSPS) is 27.2. The largest absolute Gasteiger partial charge is 0.334 e. The van der Waals surface area contributed by atoms with Crippen molar-refractivity contribution in [1.82, 2.24) is 9.80 Å². The summed E-state index contributed by atoms with van der Waals surface area (Å²) in [6.07, 6.45) is 4.58. The zero-order valence-electron chi connectivity index (χ0n) is 14.0. The van der Waals surface area contributed by atoms with Crippen LogP contribution in [0.25, 0.3) is 0 Å². The van der Waals surface area contributed by atoms with Gasteiger partial charge in [-0.1, -0.05) is 0 Å². The quantitative estimate of drug-likeness (QED) is 0.894. The van der Waals surface area contributed by atoms with E-state index in [0.717, 1.165) is 36.5 Å².